The van der Waals surface area contributed by atoms with Crippen LogP contribution >= 0.6 is 0 Å². The average Bonchev–Trinajstić information content (AvgIpc) is 2.15. The fourth-order valence-corrected chi connectivity index (χ4v) is 0.879. The van der Waals surface area contributed by atoms with Gasteiger partial charge in [0.1, 0.15) is 6.61 Å². The largest absolute Gasteiger partial charge is 0.475 e. The second-order valence-electron chi connectivity index (χ2n) is 3.09. The molecule has 0 aliphatic rings. The second kappa shape index (κ2) is 4.77. The maximum atomic E-state index is 5.28. The molecule has 0 aromatic carbocycles. The minimum Gasteiger partial charge on any atom is -0.475 e. The summed E-state index contributed by atoms with van der Waals surface area (Å²) in [6, 6.07) is 3.74. The molecular weight excluding hydrogens is 166 g/mol. The zero-order valence-electron chi connectivity index (χ0n) is 8.03. The Kier molecular flexibility index (Phi) is 3.64. The summed E-state index contributed by atoms with van der Waals surface area (Å²) in [6.45, 7) is 5.12. The third-order valence-corrected chi connectivity index (χ3v) is 1.62. The van der Waals surface area contributed by atoms with Crippen LogP contribution in [0.15, 0.2) is 12.1 Å². The fourth-order valence-electron chi connectivity index (χ4n) is 0.879. The van der Waals surface area contributed by atoms with Crippen LogP contribution < -0.4 is 10.5 Å². The van der Waals surface area contributed by atoms with Crippen LogP contribution in [0.5, 0.6) is 5.88 Å². The summed E-state index contributed by atoms with van der Waals surface area (Å²) < 4.78 is 5.19. The van der Waals surface area contributed by atoms with Gasteiger partial charge in [-0.1, -0.05) is 13.8 Å². The Morgan fingerprint density at radius 2 is 2.15 bits per heavy atom. The predicted octanol–water partition coefficient (Wildman–Crippen LogP) is 0.937. The highest BCUT2D eigenvalue weighted by atomic mass is 16.5. The summed E-state index contributed by atoms with van der Waals surface area (Å²) in [5.41, 5.74) is 6.25. The van der Waals surface area contributed by atoms with Gasteiger partial charge in [0.25, 0.3) is 0 Å². The molecule has 4 heteroatoms. The lowest BCUT2D eigenvalue weighted by molar-refractivity contribution is 0.311. The van der Waals surface area contributed by atoms with Gasteiger partial charge in [0.2, 0.25) is 5.88 Å². The predicted molar refractivity (Wildman–Crippen MR) is 50.7 cm³/mol. The van der Waals surface area contributed by atoms with Crippen LogP contribution in [0.4, 0.5) is 0 Å². The number of hydrogen-bond acceptors (Lipinski definition) is 4. The van der Waals surface area contributed by atoms with Crippen molar-refractivity contribution in [1.82, 2.24) is 10.2 Å². The van der Waals surface area contributed by atoms with Gasteiger partial charge in [-0.25, -0.2) is 0 Å². The first-order chi connectivity index (χ1) is 6.24. The van der Waals surface area contributed by atoms with Crippen molar-refractivity contribution in [3.05, 3.63) is 17.8 Å². The normalized spacial score (nSPS) is 10.5. The molecule has 13 heavy (non-hydrogen) atoms. The average molecular weight is 181 g/mol. The molecule has 0 saturated carbocycles. The van der Waals surface area contributed by atoms with Gasteiger partial charge < -0.3 is 10.5 Å². The summed E-state index contributed by atoms with van der Waals surface area (Å²) >= 11 is 0. The highest BCUT2D eigenvalue weighted by molar-refractivity contribution is 5.13. The monoisotopic (exact) mass is 181 g/mol. The molecule has 1 aromatic heterocycles. The molecule has 0 aliphatic heterocycles. The van der Waals surface area contributed by atoms with Crippen LogP contribution in [0.1, 0.15) is 25.5 Å². The number of nitrogens with two attached hydrogens (primary N) is 1. The maximum absolute atomic E-state index is 5.28. The molecule has 0 amide bonds. The molecule has 4 nitrogen and oxygen atoms in total. The van der Waals surface area contributed by atoms with Crippen LogP contribution in [0.3, 0.4) is 0 Å². The van der Waals surface area contributed by atoms with Gasteiger partial charge in [-0.3, -0.25) is 0 Å². The van der Waals surface area contributed by atoms with Crippen LogP contribution in [-0.2, 0) is 0 Å². The van der Waals surface area contributed by atoms with E-state index >= 15 is 0 Å². The highest BCUT2D eigenvalue weighted by Crippen LogP contribution is 2.12. The Morgan fingerprint density at radius 3 is 2.62 bits per heavy atom. The maximum Gasteiger partial charge on any atom is 0.233 e. The first-order valence-corrected chi connectivity index (χ1v) is 4.40. The Bertz CT molecular complexity index is 246. The fraction of sp³-hybridized carbons (Fsp3) is 0.556. The molecule has 0 aliphatic carbocycles. The van der Waals surface area contributed by atoms with Crippen molar-refractivity contribution in [3.8, 4) is 5.88 Å². The van der Waals surface area contributed by atoms with E-state index in [0.717, 1.165) is 5.69 Å². The SMILES string of the molecule is CC(C)c1ccc(OCCN)nn1. The van der Waals surface area contributed by atoms with Gasteiger partial charge in [0.15, 0.2) is 0 Å². The van der Waals surface area contributed by atoms with E-state index in [1.807, 2.05) is 12.1 Å². The summed E-state index contributed by atoms with van der Waals surface area (Å²) in [5.74, 6) is 0.936. The topological polar surface area (TPSA) is 61.0 Å². The Balaban J connectivity index is 2.59. The van der Waals surface area contributed by atoms with Gasteiger partial charge in [0, 0.05) is 12.6 Å². The van der Waals surface area contributed by atoms with Gasteiger partial charge >= 0.3 is 0 Å². The molecule has 0 atom stereocenters. The smallest absolute Gasteiger partial charge is 0.233 e. The summed E-state index contributed by atoms with van der Waals surface area (Å²) in [7, 11) is 0. The van der Waals surface area contributed by atoms with Crippen molar-refractivity contribution in [3.63, 3.8) is 0 Å². The molecule has 0 radical (unpaired) electrons. The van der Waals surface area contributed by atoms with Crippen molar-refractivity contribution in [2.24, 2.45) is 5.73 Å². The van der Waals surface area contributed by atoms with Crippen molar-refractivity contribution in [2.45, 2.75) is 19.8 Å². The van der Waals surface area contributed by atoms with E-state index in [2.05, 4.69) is 24.0 Å². The van der Waals surface area contributed by atoms with E-state index in [1.165, 1.54) is 0 Å². The molecule has 0 bridgehead atoms. The molecule has 1 heterocycles. The number of aromatic nitrogens is 2. The summed E-state index contributed by atoms with van der Waals surface area (Å²) in [5, 5.41) is 7.92. The first-order valence-electron chi connectivity index (χ1n) is 4.40. The zero-order chi connectivity index (χ0) is 9.68. The molecule has 1 aromatic rings. The first kappa shape index (κ1) is 9.92. The summed E-state index contributed by atoms with van der Waals surface area (Å²) in [6.07, 6.45) is 0. The van der Waals surface area contributed by atoms with Crippen LogP contribution in [0, 0.1) is 0 Å². The van der Waals surface area contributed by atoms with Crippen LogP contribution in [0.25, 0.3) is 0 Å². The quantitative estimate of drug-likeness (QED) is 0.750. The Hall–Kier alpha value is -1.16. The van der Waals surface area contributed by atoms with Crippen LogP contribution in [0.2, 0.25) is 0 Å². The number of rotatable bonds is 4. The number of ether oxygens (including phenoxy) is 1. The van der Waals surface area contributed by atoms with E-state index in [-0.39, 0.29) is 0 Å². The molecule has 2 N–H and O–H groups in total. The number of hydrogen-bond donors (Lipinski definition) is 1. The van der Waals surface area contributed by atoms with E-state index in [4.69, 9.17) is 10.5 Å². The molecule has 0 unspecified atom stereocenters. The highest BCUT2D eigenvalue weighted by Gasteiger charge is 2.01. The minimum atomic E-state index is 0.399. The van der Waals surface area contributed by atoms with E-state index in [1.54, 1.807) is 0 Å². The Labute approximate surface area is 78.1 Å². The summed E-state index contributed by atoms with van der Waals surface area (Å²) in [4.78, 5) is 0. The Morgan fingerprint density at radius 1 is 1.38 bits per heavy atom. The van der Waals surface area contributed by atoms with Gasteiger partial charge in [-0.15, -0.1) is 5.10 Å². The lowest BCUT2D eigenvalue weighted by Gasteiger charge is -2.05. The second-order valence-corrected chi connectivity index (χ2v) is 3.09. The van der Waals surface area contributed by atoms with E-state index in [9.17, 15) is 0 Å². The lowest BCUT2D eigenvalue weighted by Crippen LogP contribution is -2.11. The lowest BCUT2D eigenvalue weighted by atomic mass is 10.1. The molecule has 0 saturated heterocycles. The minimum absolute atomic E-state index is 0.399. The number of nitrogens with zero attached hydrogens (tertiary/aromatic N) is 2. The molecular formula is C9H15N3O. The van der Waals surface area contributed by atoms with Gasteiger partial charge in [-0.05, 0) is 12.0 Å². The zero-order valence-corrected chi connectivity index (χ0v) is 8.03. The third kappa shape index (κ3) is 2.99. The standard InChI is InChI=1S/C9H15N3O/c1-7(2)8-3-4-9(12-11-8)13-6-5-10/h3-4,7H,5-6,10H2,1-2H3. The van der Waals surface area contributed by atoms with E-state index < -0.39 is 0 Å². The third-order valence-electron chi connectivity index (χ3n) is 1.62. The van der Waals surface area contributed by atoms with Crippen molar-refractivity contribution < 1.29 is 4.74 Å². The van der Waals surface area contributed by atoms with Gasteiger partial charge in [0.05, 0.1) is 5.69 Å². The van der Waals surface area contributed by atoms with Crippen molar-refractivity contribution >= 4 is 0 Å². The molecule has 0 spiro atoms. The molecule has 72 valence electrons. The van der Waals surface area contributed by atoms with Crippen molar-refractivity contribution in [1.29, 1.82) is 0 Å². The molecule has 0 fully saturated rings. The van der Waals surface area contributed by atoms with Gasteiger partial charge in [-0.2, -0.15) is 5.10 Å². The van der Waals surface area contributed by atoms with Crippen LogP contribution in [-0.4, -0.2) is 23.3 Å². The van der Waals surface area contributed by atoms with Crippen molar-refractivity contribution in [2.75, 3.05) is 13.2 Å². The molecule has 1 rings (SSSR count). The van der Waals surface area contributed by atoms with E-state index in [0.29, 0.717) is 24.9 Å².